The van der Waals surface area contributed by atoms with Crippen molar-refractivity contribution < 1.29 is 9.90 Å². The Bertz CT molecular complexity index is 1050. The van der Waals surface area contributed by atoms with Crippen LogP contribution in [0.5, 0.6) is 0 Å². The van der Waals surface area contributed by atoms with Gasteiger partial charge in [-0.2, -0.15) is 9.78 Å². The number of hydrogen-bond donors (Lipinski definition) is 3. The van der Waals surface area contributed by atoms with Crippen LogP contribution in [0.25, 0.3) is 16.9 Å². The maximum atomic E-state index is 12.9. The Hall–Kier alpha value is -3.36. The molecule has 3 rings (SSSR count). The van der Waals surface area contributed by atoms with E-state index in [0.717, 1.165) is 10.9 Å². The van der Waals surface area contributed by atoms with Gasteiger partial charge < -0.3 is 15.8 Å². The van der Waals surface area contributed by atoms with Gasteiger partial charge in [0.25, 0.3) is 11.5 Å². The molecule has 0 aliphatic carbocycles. The average Bonchev–Trinajstić information content (AvgIpc) is 2.73. The molecule has 0 spiro atoms. The zero-order valence-corrected chi connectivity index (χ0v) is 15.3. The van der Waals surface area contributed by atoms with Gasteiger partial charge in [-0.15, -0.1) is 0 Å². The smallest absolute Gasteiger partial charge is 0.284 e. The van der Waals surface area contributed by atoms with Crippen LogP contribution in [0, 0.1) is 5.41 Å². The van der Waals surface area contributed by atoms with Crippen LogP contribution in [-0.2, 0) is 0 Å². The van der Waals surface area contributed by atoms with Crippen molar-refractivity contribution in [2.75, 3.05) is 6.61 Å². The fourth-order valence-corrected chi connectivity index (χ4v) is 2.59. The number of rotatable bonds is 6. The molecule has 0 bridgehead atoms. The normalized spacial score (nSPS) is 11.6. The fourth-order valence-electron chi connectivity index (χ4n) is 2.46. The lowest BCUT2D eigenvalue weighted by atomic mass is 10.1. The number of aromatic nitrogens is 3. The maximum Gasteiger partial charge on any atom is 0.284 e. The van der Waals surface area contributed by atoms with E-state index in [-0.39, 0.29) is 5.56 Å². The first-order chi connectivity index (χ1) is 13.5. The second kappa shape index (κ2) is 8.55. The average molecular weight is 398 g/mol. The van der Waals surface area contributed by atoms with Crippen molar-refractivity contribution in [3.63, 3.8) is 0 Å². The highest BCUT2D eigenvalue weighted by Gasteiger charge is 2.19. The summed E-state index contributed by atoms with van der Waals surface area (Å²) in [5.41, 5.74) is 0.597. The van der Waals surface area contributed by atoms with Gasteiger partial charge in [-0.25, -0.2) is 0 Å². The molecule has 0 aliphatic heterocycles. The van der Waals surface area contributed by atoms with E-state index in [9.17, 15) is 14.7 Å². The first kappa shape index (κ1) is 19.4. The lowest BCUT2D eigenvalue weighted by Gasteiger charge is -2.13. The van der Waals surface area contributed by atoms with Crippen molar-refractivity contribution in [2.24, 2.45) is 0 Å². The number of pyridine rings is 1. The van der Waals surface area contributed by atoms with Gasteiger partial charge >= 0.3 is 0 Å². The third-order valence-electron chi connectivity index (χ3n) is 3.90. The van der Waals surface area contributed by atoms with Crippen LogP contribution in [0.15, 0.2) is 59.7 Å². The predicted octanol–water partition coefficient (Wildman–Crippen LogP) is 1.69. The molecule has 2 aromatic heterocycles. The Balaban J connectivity index is 2.16. The Morgan fingerprint density at radius 2 is 2.07 bits per heavy atom. The quantitative estimate of drug-likeness (QED) is 0.546. The zero-order chi connectivity index (χ0) is 20.1. The Kier molecular flexibility index (Phi) is 5.93. The molecule has 0 saturated carbocycles. The molecule has 3 aromatic rings. The van der Waals surface area contributed by atoms with Gasteiger partial charge in [-0.1, -0.05) is 23.7 Å². The summed E-state index contributed by atoms with van der Waals surface area (Å²) in [5, 5.41) is 23.7. The van der Waals surface area contributed by atoms with Crippen molar-refractivity contribution in [3.05, 3.63) is 75.8 Å². The second-order valence-corrected chi connectivity index (χ2v) is 6.24. The molecule has 1 aromatic carbocycles. The van der Waals surface area contributed by atoms with Crippen molar-refractivity contribution in [1.29, 1.82) is 5.41 Å². The minimum Gasteiger partial charge on any atom is -0.394 e. The number of nitrogens with zero attached hydrogens (tertiary/aromatic N) is 3. The van der Waals surface area contributed by atoms with E-state index in [1.807, 2.05) is 0 Å². The number of hydrogen-bond acceptors (Lipinski definition) is 6. The fraction of sp³-hybridized carbons (Fsp3) is 0.105. The molecule has 1 atom stereocenters. The van der Waals surface area contributed by atoms with Gasteiger partial charge in [-0.3, -0.25) is 14.6 Å². The molecular formula is C19H16ClN5O3. The number of aliphatic hydroxyl groups is 1. The van der Waals surface area contributed by atoms with E-state index in [2.05, 4.69) is 15.4 Å². The van der Waals surface area contributed by atoms with Gasteiger partial charge in [0, 0.05) is 23.0 Å². The monoisotopic (exact) mass is 397 g/mol. The van der Waals surface area contributed by atoms with Crippen LogP contribution in [0.1, 0.15) is 10.4 Å². The summed E-state index contributed by atoms with van der Waals surface area (Å²) >= 11 is 5.93. The summed E-state index contributed by atoms with van der Waals surface area (Å²) < 4.78 is 1.09. The minimum atomic E-state index is -0.897. The molecule has 9 heteroatoms. The standard InChI is InChI=1S/C19H16ClN5O3/c20-13-5-3-12(4-6-13)17-8-16(18(27)23-14(9-21)11-26)19(28)25(24-17)15-2-1-7-22-10-15/h1-10,14,21,26H,11H2,(H,23,27)/t14-/m0/s1. The Labute approximate surface area is 164 Å². The number of carbonyl (C=O) groups excluding carboxylic acids is 1. The van der Waals surface area contributed by atoms with Crippen molar-refractivity contribution in [2.45, 2.75) is 6.04 Å². The van der Waals surface area contributed by atoms with Crippen LogP contribution < -0.4 is 10.9 Å². The highest BCUT2D eigenvalue weighted by Crippen LogP contribution is 2.20. The number of nitrogens with one attached hydrogen (secondary N) is 2. The van der Waals surface area contributed by atoms with Gasteiger partial charge in [0.05, 0.1) is 30.2 Å². The summed E-state index contributed by atoms with van der Waals surface area (Å²) in [6.45, 7) is -0.457. The van der Waals surface area contributed by atoms with Gasteiger partial charge in [0.15, 0.2) is 0 Å². The van der Waals surface area contributed by atoms with Gasteiger partial charge in [0.1, 0.15) is 5.56 Å². The topological polar surface area (TPSA) is 121 Å². The molecule has 8 nitrogen and oxygen atoms in total. The van der Waals surface area contributed by atoms with E-state index in [1.54, 1.807) is 42.6 Å². The molecule has 142 valence electrons. The third-order valence-corrected chi connectivity index (χ3v) is 4.15. The molecule has 0 fully saturated rings. The molecule has 0 saturated heterocycles. The molecule has 1 amide bonds. The van der Waals surface area contributed by atoms with E-state index >= 15 is 0 Å². The number of aliphatic hydroxyl groups excluding tert-OH is 1. The zero-order valence-electron chi connectivity index (χ0n) is 14.5. The summed E-state index contributed by atoms with van der Waals surface area (Å²) in [4.78, 5) is 29.5. The Morgan fingerprint density at radius 1 is 1.32 bits per heavy atom. The van der Waals surface area contributed by atoms with E-state index in [4.69, 9.17) is 17.0 Å². The summed E-state index contributed by atoms with van der Waals surface area (Å²) in [6, 6.07) is 10.6. The van der Waals surface area contributed by atoms with Crippen LogP contribution in [0.2, 0.25) is 5.02 Å². The SMILES string of the molecule is N=C[C@@H](CO)NC(=O)c1cc(-c2ccc(Cl)cc2)nn(-c2cccnc2)c1=O. The largest absolute Gasteiger partial charge is 0.394 e. The molecule has 0 unspecified atom stereocenters. The van der Waals surface area contributed by atoms with Crippen LogP contribution in [0.4, 0.5) is 0 Å². The van der Waals surface area contributed by atoms with E-state index in [0.29, 0.717) is 22.0 Å². The molecule has 3 N–H and O–H groups in total. The lowest BCUT2D eigenvalue weighted by Crippen LogP contribution is -2.41. The van der Waals surface area contributed by atoms with Crippen molar-refractivity contribution >= 4 is 23.7 Å². The van der Waals surface area contributed by atoms with Crippen LogP contribution in [0.3, 0.4) is 0 Å². The van der Waals surface area contributed by atoms with Crippen LogP contribution in [-0.4, -0.2) is 44.6 Å². The number of halogens is 1. The summed E-state index contributed by atoms with van der Waals surface area (Å²) in [7, 11) is 0. The Morgan fingerprint density at radius 3 is 2.68 bits per heavy atom. The predicted molar refractivity (Wildman–Crippen MR) is 105 cm³/mol. The number of carbonyl (C=O) groups is 1. The van der Waals surface area contributed by atoms with E-state index in [1.165, 1.54) is 12.3 Å². The highest BCUT2D eigenvalue weighted by molar-refractivity contribution is 6.30. The lowest BCUT2D eigenvalue weighted by molar-refractivity contribution is 0.0932. The maximum absolute atomic E-state index is 12.9. The molecule has 0 aliphatic rings. The second-order valence-electron chi connectivity index (χ2n) is 5.81. The first-order valence-corrected chi connectivity index (χ1v) is 8.64. The van der Waals surface area contributed by atoms with Gasteiger partial charge in [-0.05, 0) is 30.3 Å². The van der Waals surface area contributed by atoms with E-state index < -0.39 is 24.1 Å². The number of benzene rings is 1. The first-order valence-electron chi connectivity index (χ1n) is 8.26. The molecule has 2 heterocycles. The molecule has 0 radical (unpaired) electrons. The number of amides is 1. The van der Waals surface area contributed by atoms with Crippen molar-refractivity contribution in [1.82, 2.24) is 20.1 Å². The van der Waals surface area contributed by atoms with Crippen LogP contribution >= 0.6 is 11.6 Å². The third kappa shape index (κ3) is 4.13. The minimum absolute atomic E-state index is 0.177. The van der Waals surface area contributed by atoms with Gasteiger partial charge in [0.2, 0.25) is 0 Å². The van der Waals surface area contributed by atoms with Crippen molar-refractivity contribution in [3.8, 4) is 16.9 Å². The molecular weight excluding hydrogens is 382 g/mol. The molecule has 28 heavy (non-hydrogen) atoms. The highest BCUT2D eigenvalue weighted by atomic mass is 35.5. The summed E-state index contributed by atoms with van der Waals surface area (Å²) in [5.74, 6) is -0.720. The summed E-state index contributed by atoms with van der Waals surface area (Å²) in [6.07, 6.45) is 3.90.